The average molecular weight is 451 g/mol. The van der Waals surface area contributed by atoms with E-state index < -0.39 is 6.09 Å². The molecule has 3 aromatic carbocycles. The smallest absolute Gasteiger partial charge is 0.410 e. The zero-order chi connectivity index (χ0) is 23.3. The van der Waals surface area contributed by atoms with Crippen molar-refractivity contribution in [1.82, 2.24) is 15.0 Å². The minimum Gasteiger partial charge on any atom is -0.439 e. The molecule has 0 spiro atoms. The van der Waals surface area contributed by atoms with E-state index in [2.05, 4.69) is 32.4 Å². The van der Waals surface area contributed by atoms with Gasteiger partial charge in [-0.25, -0.2) is 14.8 Å². The number of aromatic nitrogens is 3. The SMILES string of the molecule is NC(=O)Oc1cccc2[nH]c(-c3ccc(Oc4ccc(NCc5ccccc5)cc4)nc3)nc12. The second-order valence-electron chi connectivity index (χ2n) is 7.51. The number of ether oxygens (including phenoxy) is 2. The van der Waals surface area contributed by atoms with Crippen LogP contribution in [0.3, 0.4) is 0 Å². The third-order valence-electron chi connectivity index (χ3n) is 5.11. The molecule has 0 atom stereocenters. The van der Waals surface area contributed by atoms with E-state index in [4.69, 9.17) is 15.2 Å². The van der Waals surface area contributed by atoms with Crippen molar-refractivity contribution in [3.8, 4) is 28.8 Å². The number of nitrogens with two attached hydrogens (primary N) is 1. The van der Waals surface area contributed by atoms with Crippen LogP contribution in [0.2, 0.25) is 0 Å². The third kappa shape index (κ3) is 4.81. The van der Waals surface area contributed by atoms with E-state index >= 15 is 0 Å². The van der Waals surface area contributed by atoms with Crippen LogP contribution >= 0.6 is 0 Å². The van der Waals surface area contributed by atoms with Gasteiger partial charge in [-0.05, 0) is 48.0 Å². The van der Waals surface area contributed by atoms with E-state index in [1.165, 1.54) is 5.56 Å². The predicted octanol–water partition coefficient (Wildman–Crippen LogP) is 5.49. The molecule has 2 heterocycles. The van der Waals surface area contributed by atoms with E-state index in [9.17, 15) is 4.79 Å². The molecular formula is C26H21N5O3. The summed E-state index contributed by atoms with van der Waals surface area (Å²) >= 11 is 0. The summed E-state index contributed by atoms with van der Waals surface area (Å²) in [5.41, 5.74) is 9.34. The second-order valence-corrected chi connectivity index (χ2v) is 7.51. The van der Waals surface area contributed by atoms with E-state index in [-0.39, 0.29) is 0 Å². The Labute approximate surface area is 195 Å². The molecule has 5 aromatic rings. The number of para-hydroxylation sites is 1. The van der Waals surface area contributed by atoms with Gasteiger partial charge in [-0.3, -0.25) is 0 Å². The molecule has 0 bridgehead atoms. The highest BCUT2D eigenvalue weighted by Crippen LogP contribution is 2.28. The summed E-state index contributed by atoms with van der Waals surface area (Å²) in [6.07, 6.45) is 0.775. The summed E-state index contributed by atoms with van der Waals surface area (Å²) in [5, 5.41) is 3.39. The fourth-order valence-corrected chi connectivity index (χ4v) is 3.48. The monoisotopic (exact) mass is 451 g/mol. The number of carbonyl (C=O) groups excluding carboxylic acids is 1. The molecule has 0 fully saturated rings. The predicted molar refractivity (Wildman–Crippen MR) is 130 cm³/mol. The van der Waals surface area contributed by atoms with Gasteiger partial charge < -0.3 is 25.5 Å². The maximum Gasteiger partial charge on any atom is 0.410 e. The fraction of sp³-hybridized carbons (Fsp3) is 0.0385. The van der Waals surface area contributed by atoms with Crippen LogP contribution in [0.15, 0.2) is 91.1 Å². The number of hydrogen-bond acceptors (Lipinski definition) is 6. The number of nitrogens with zero attached hydrogens (tertiary/aromatic N) is 2. The number of fused-ring (bicyclic) bond motifs is 1. The summed E-state index contributed by atoms with van der Waals surface area (Å²) in [7, 11) is 0. The van der Waals surface area contributed by atoms with E-state index in [1.54, 1.807) is 24.4 Å². The Bertz CT molecular complexity index is 1420. The first-order valence-corrected chi connectivity index (χ1v) is 10.6. The van der Waals surface area contributed by atoms with Gasteiger partial charge in [-0.2, -0.15) is 0 Å². The minimum absolute atomic E-state index is 0.294. The van der Waals surface area contributed by atoms with Crippen molar-refractivity contribution in [3.63, 3.8) is 0 Å². The molecule has 2 aromatic heterocycles. The standard InChI is InChI=1S/C26H21N5O3/c27-26(32)34-22-8-4-7-21-24(22)31-25(30-21)18-9-14-23(29-16-18)33-20-12-10-19(11-13-20)28-15-17-5-2-1-3-6-17/h1-14,16,28H,15H2,(H2,27,32)(H,30,31). The van der Waals surface area contributed by atoms with Crippen LogP contribution in [0, 0.1) is 0 Å². The van der Waals surface area contributed by atoms with Crippen molar-refractivity contribution < 1.29 is 14.3 Å². The first-order valence-electron chi connectivity index (χ1n) is 10.6. The number of imidazole rings is 1. The number of carbonyl (C=O) groups is 1. The van der Waals surface area contributed by atoms with E-state index in [0.717, 1.165) is 23.3 Å². The van der Waals surface area contributed by atoms with Crippen molar-refractivity contribution in [2.24, 2.45) is 5.73 Å². The van der Waals surface area contributed by atoms with Gasteiger partial charge in [0.25, 0.3) is 0 Å². The van der Waals surface area contributed by atoms with Gasteiger partial charge in [-0.1, -0.05) is 36.4 Å². The van der Waals surface area contributed by atoms with Crippen molar-refractivity contribution in [2.45, 2.75) is 6.54 Å². The van der Waals surface area contributed by atoms with Crippen LogP contribution in [0.4, 0.5) is 10.5 Å². The fourth-order valence-electron chi connectivity index (χ4n) is 3.48. The van der Waals surface area contributed by atoms with Crippen LogP contribution in [-0.2, 0) is 6.54 Å². The lowest BCUT2D eigenvalue weighted by molar-refractivity contribution is 0.211. The van der Waals surface area contributed by atoms with Gasteiger partial charge in [0.05, 0.1) is 5.52 Å². The summed E-state index contributed by atoms with van der Waals surface area (Å²) < 4.78 is 10.9. The minimum atomic E-state index is -0.889. The number of anilines is 1. The highest BCUT2D eigenvalue weighted by Gasteiger charge is 2.12. The molecule has 0 unspecified atom stereocenters. The number of nitrogens with one attached hydrogen (secondary N) is 2. The number of primary amides is 1. The average Bonchev–Trinajstić information content (AvgIpc) is 3.30. The maximum absolute atomic E-state index is 11.1. The first kappa shape index (κ1) is 21.0. The molecular weight excluding hydrogens is 430 g/mol. The Hall–Kier alpha value is -4.85. The Morgan fingerprint density at radius 1 is 0.941 bits per heavy atom. The highest BCUT2D eigenvalue weighted by atomic mass is 16.5. The number of pyridine rings is 1. The molecule has 0 aliphatic carbocycles. The Kier molecular flexibility index (Phi) is 5.77. The van der Waals surface area contributed by atoms with Gasteiger partial charge in [0, 0.05) is 30.1 Å². The van der Waals surface area contributed by atoms with Crippen LogP contribution in [0.5, 0.6) is 17.4 Å². The summed E-state index contributed by atoms with van der Waals surface area (Å²) in [6.45, 7) is 0.752. The van der Waals surface area contributed by atoms with Gasteiger partial charge >= 0.3 is 6.09 Å². The lowest BCUT2D eigenvalue weighted by Crippen LogP contribution is -2.16. The van der Waals surface area contributed by atoms with Crippen LogP contribution in [0.25, 0.3) is 22.4 Å². The topological polar surface area (TPSA) is 115 Å². The summed E-state index contributed by atoms with van der Waals surface area (Å²) in [4.78, 5) is 23.2. The molecule has 0 aliphatic rings. The van der Waals surface area contributed by atoms with Gasteiger partial charge in [0.1, 0.15) is 17.1 Å². The zero-order valence-corrected chi connectivity index (χ0v) is 18.1. The first-order chi connectivity index (χ1) is 16.6. The molecule has 168 valence electrons. The Balaban J connectivity index is 1.25. The van der Waals surface area contributed by atoms with Gasteiger partial charge in [-0.15, -0.1) is 0 Å². The second kappa shape index (κ2) is 9.33. The number of amides is 1. The van der Waals surface area contributed by atoms with Crippen molar-refractivity contribution in [2.75, 3.05) is 5.32 Å². The molecule has 0 aliphatic heterocycles. The van der Waals surface area contributed by atoms with Crippen LogP contribution < -0.4 is 20.5 Å². The Morgan fingerprint density at radius 3 is 2.50 bits per heavy atom. The van der Waals surface area contributed by atoms with E-state index in [1.807, 2.05) is 54.6 Å². The van der Waals surface area contributed by atoms with Gasteiger partial charge in [0.15, 0.2) is 5.75 Å². The Morgan fingerprint density at radius 2 is 1.76 bits per heavy atom. The molecule has 0 saturated heterocycles. The molecule has 5 rings (SSSR count). The molecule has 0 radical (unpaired) electrons. The molecule has 34 heavy (non-hydrogen) atoms. The normalized spacial score (nSPS) is 10.7. The number of H-pyrrole nitrogens is 1. The quantitative estimate of drug-likeness (QED) is 0.301. The van der Waals surface area contributed by atoms with Crippen molar-refractivity contribution in [3.05, 3.63) is 96.7 Å². The summed E-state index contributed by atoms with van der Waals surface area (Å²) in [5.74, 6) is 2.02. The molecule has 0 saturated carbocycles. The molecule has 8 nitrogen and oxygen atoms in total. The zero-order valence-electron chi connectivity index (χ0n) is 18.1. The highest BCUT2D eigenvalue weighted by molar-refractivity contribution is 5.86. The van der Waals surface area contributed by atoms with Crippen molar-refractivity contribution >= 4 is 22.8 Å². The number of rotatable bonds is 7. The third-order valence-corrected chi connectivity index (χ3v) is 5.11. The summed E-state index contributed by atoms with van der Waals surface area (Å²) in [6, 6.07) is 26.8. The van der Waals surface area contributed by atoms with Crippen LogP contribution in [0.1, 0.15) is 5.56 Å². The van der Waals surface area contributed by atoms with Crippen LogP contribution in [-0.4, -0.2) is 21.0 Å². The molecule has 4 N–H and O–H groups in total. The molecule has 1 amide bonds. The largest absolute Gasteiger partial charge is 0.439 e. The number of aromatic amines is 1. The number of benzene rings is 3. The lowest BCUT2D eigenvalue weighted by atomic mass is 10.2. The van der Waals surface area contributed by atoms with Gasteiger partial charge in [0.2, 0.25) is 5.88 Å². The maximum atomic E-state index is 11.1. The number of hydrogen-bond donors (Lipinski definition) is 3. The lowest BCUT2D eigenvalue weighted by Gasteiger charge is -2.09. The molecule has 8 heteroatoms. The van der Waals surface area contributed by atoms with Crippen molar-refractivity contribution in [1.29, 1.82) is 0 Å². The van der Waals surface area contributed by atoms with E-state index in [0.29, 0.717) is 28.7 Å².